The third-order valence-electron chi connectivity index (χ3n) is 7.12. The van der Waals surface area contributed by atoms with Crippen LogP contribution in [0.4, 0.5) is 0 Å². The topological polar surface area (TPSA) is 82.9 Å². The number of methoxy groups -OCH3 is 1. The van der Waals surface area contributed by atoms with Gasteiger partial charge in [-0.15, -0.1) is 0 Å². The summed E-state index contributed by atoms with van der Waals surface area (Å²) in [6, 6.07) is 7.58. The zero-order valence-electron chi connectivity index (χ0n) is 18.4. The molecule has 0 bridgehead atoms. The van der Waals surface area contributed by atoms with Crippen molar-refractivity contribution in [1.29, 1.82) is 0 Å². The van der Waals surface area contributed by atoms with Crippen LogP contribution in [0.15, 0.2) is 30.5 Å². The van der Waals surface area contributed by atoms with Gasteiger partial charge in [-0.2, -0.15) is 0 Å². The molecular formula is C25H34N2O4. The highest BCUT2D eigenvalue weighted by Crippen LogP contribution is 2.36. The smallest absolute Gasteiger partial charge is 0.303 e. The van der Waals surface area contributed by atoms with Crippen molar-refractivity contribution in [2.24, 2.45) is 17.8 Å². The summed E-state index contributed by atoms with van der Waals surface area (Å²) in [5.41, 5.74) is 1.70. The van der Waals surface area contributed by atoms with Crippen LogP contribution in [-0.2, 0) is 4.79 Å². The Bertz CT molecular complexity index is 898. The minimum absolute atomic E-state index is 0.159. The van der Waals surface area contributed by atoms with E-state index in [0.717, 1.165) is 60.6 Å². The lowest BCUT2D eigenvalue weighted by atomic mass is 9.79. The molecule has 1 aliphatic heterocycles. The predicted molar refractivity (Wildman–Crippen MR) is 120 cm³/mol. The van der Waals surface area contributed by atoms with Crippen molar-refractivity contribution in [3.8, 4) is 5.75 Å². The van der Waals surface area contributed by atoms with Crippen LogP contribution in [0.5, 0.6) is 5.75 Å². The molecule has 6 heteroatoms. The standard InChI is InChI=1S/C25H34N2O4/c1-31-20-5-6-23-22(15-20)21(8-11-26-23)24(28)7-4-18-10-13-27(12-9-17-2-3-17)16-19(18)14-25(29)30/h5-6,8,11,15,17-19,24,28H,2-4,7,9-10,12-14,16H2,1H3,(H,29,30)/t18-,19+,24?/m1/s1. The third kappa shape index (κ3) is 5.74. The molecule has 1 aliphatic carbocycles. The number of rotatable bonds is 10. The van der Waals surface area contributed by atoms with Gasteiger partial charge < -0.3 is 19.8 Å². The van der Waals surface area contributed by atoms with Gasteiger partial charge in [-0.25, -0.2) is 0 Å². The van der Waals surface area contributed by atoms with Gasteiger partial charge >= 0.3 is 5.97 Å². The van der Waals surface area contributed by atoms with Gasteiger partial charge in [-0.05, 0) is 86.4 Å². The number of carboxylic acids is 1. The largest absolute Gasteiger partial charge is 0.497 e. The fourth-order valence-electron chi connectivity index (χ4n) is 5.06. The van der Waals surface area contributed by atoms with E-state index in [0.29, 0.717) is 12.3 Å². The van der Waals surface area contributed by atoms with Gasteiger partial charge in [-0.1, -0.05) is 12.8 Å². The summed E-state index contributed by atoms with van der Waals surface area (Å²) in [5.74, 6) is 1.43. The molecule has 4 rings (SSSR count). The summed E-state index contributed by atoms with van der Waals surface area (Å²) < 4.78 is 5.34. The molecule has 1 aromatic heterocycles. The Morgan fingerprint density at radius 3 is 2.81 bits per heavy atom. The summed E-state index contributed by atoms with van der Waals surface area (Å²) in [7, 11) is 1.63. The SMILES string of the molecule is COc1ccc2nccc(C(O)CC[C@@H]3CCN(CCC4CC4)C[C@@H]3CC(=O)O)c2c1. The first-order valence-electron chi connectivity index (χ1n) is 11.6. The number of aliphatic hydroxyl groups is 1. The fourth-order valence-corrected chi connectivity index (χ4v) is 5.06. The Hall–Kier alpha value is -2.18. The molecule has 2 heterocycles. The summed E-state index contributed by atoms with van der Waals surface area (Å²) in [6.07, 6.45) is 7.81. The van der Waals surface area contributed by atoms with Crippen molar-refractivity contribution in [2.45, 2.75) is 51.0 Å². The second-order valence-electron chi connectivity index (χ2n) is 9.32. The van der Waals surface area contributed by atoms with E-state index >= 15 is 0 Å². The molecule has 2 aliphatic rings. The van der Waals surface area contributed by atoms with Crippen LogP contribution in [0.2, 0.25) is 0 Å². The van der Waals surface area contributed by atoms with E-state index < -0.39 is 12.1 Å². The second kappa shape index (κ2) is 9.96. The second-order valence-corrected chi connectivity index (χ2v) is 9.32. The zero-order valence-corrected chi connectivity index (χ0v) is 18.4. The van der Waals surface area contributed by atoms with Crippen LogP contribution < -0.4 is 4.74 Å². The normalized spacial score (nSPS) is 23.0. The van der Waals surface area contributed by atoms with Crippen molar-refractivity contribution in [3.05, 3.63) is 36.0 Å². The monoisotopic (exact) mass is 426 g/mol. The van der Waals surface area contributed by atoms with Gasteiger partial charge in [0.25, 0.3) is 0 Å². The fraction of sp³-hybridized carbons (Fsp3) is 0.600. The third-order valence-corrected chi connectivity index (χ3v) is 7.12. The first kappa shape index (κ1) is 22.0. The first-order valence-corrected chi connectivity index (χ1v) is 11.6. The van der Waals surface area contributed by atoms with E-state index in [1.165, 1.54) is 19.3 Å². The molecule has 1 saturated carbocycles. The van der Waals surface area contributed by atoms with E-state index in [2.05, 4.69) is 9.88 Å². The number of hydrogen-bond donors (Lipinski definition) is 2. The molecule has 2 N–H and O–H groups in total. The number of carbonyl (C=O) groups is 1. The van der Waals surface area contributed by atoms with E-state index in [9.17, 15) is 15.0 Å². The number of aliphatic carboxylic acids is 1. The molecule has 168 valence electrons. The van der Waals surface area contributed by atoms with E-state index in [1.807, 2.05) is 24.3 Å². The molecule has 6 nitrogen and oxygen atoms in total. The first-order chi connectivity index (χ1) is 15.0. The maximum atomic E-state index is 11.5. The summed E-state index contributed by atoms with van der Waals surface area (Å²) in [5, 5.41) is 21.3. The lowest BCUT2D eigenvalue weighted by molar-refractivity contribution is -0.139. The maximum Gasteiger partial charge on any atom is 0.303 e. The van der Waals surface area contributed by atoms with Crippen molar-refractivity contribution in [3.63, 3.8) is 0 Å². The quantitative estimate of drug-likeness (QED) is 0.590. The van der Waals surface area contributed by atoms with Crippen LogP contribution in [0.1, 0.15) is 56.6 Å². The molecule has 0 spiro atoms. The Labute approximate surface area is 184 Å². The molecule has 2 fully saturated rings. The molecular weight excluding hydrogens is 392 g/mol. The van der Waals surface area contributed by atoms with Crippen LogP contribution in [0.3, 0.4) is 0 Å². The molecule has 1 unspecified atom stereocenters. The predicted octanol–water partition coefficient (Wildman–Crippen LogP) is 4.27. The van der Waals surface area contributed by atoms with Crippen LogP contribution >= 0.6 is 0 Å². The Kier molecular flexibility index (Phi) is 7.08. The molecule has 0 radical (unpaired) electrons. The average molecular weight is 427 g/mol. The number of aliphatic hydroxyl groups excluding tert-OH is 1. The number of carboxylic acid groups (broad SMARTS) is 1. The van der Waals surface area contributed by atoms with Gasteiger partial charge in [0, 0.05) is 24.5 Å². The van der Waals surface area contributed by atoms with Crippen LogP contribution in [0, 0.1) is 17.8 Å². The molecule has 2 aromatic rings. The Balaban J connectivity index is 1.39. The van der Waals surface area contributed by atoms with Crippen molar-refractivity contribution >= 4 is 16.9 Å². The molecule has 31 heavy (non-hydrogen) atoms. The van der Waals surface area contributed by atoms with Gasteiger partial charge in [0.1, 0.15) is 5.75 Å². The number of ether oxygens (including phenoxy) is 1. The highest BCUT2D eigenvalue weighted by molar-refractivity contribution is 5.83. The molecule has 1 saturated heterocycles. The maximum absolute atomic E-state index is 11.5. The van der Waals surface area contributed by atoms with Crippen LogP contribution in [0.25, 0.3) is 10.9 Å². The number of nitrogens with zero attached hydrogens (tertiary/aromatic N) is 2. The van der Waals surface area contributed by atoms with Gasteiger partial charge in [0.2, 0.25) is 0 Å². The molecule has 0 amide bonds. The summed E-state index contributed by atoms with van der Waals surface area (Å²) in [4.78, 5) is 18.3. The minimum atomic E-state index is -0.716. The van der Waals surface area contributed by atoms with E-state index in [-0.39, 0.29) is 12.3 Å². The average Bonchev–Trinajstić information content (AvgIpc) is 3.60. The lowest BCUT2D eigenvalue weighted by Crippen LogP contribution is -2.42. The number of pyridine rings is 1. The van der Waals surface area contributed by atoms with E-state index in [4.69, 9.17) is 4.74 Å². The van der Waals surface area contributed by atoms with Gasteiger partial charge in [0.05, 0.1) is 18.7 Å². The summed E-state index contributed by atoms with van der Waals surface area (Å²) in [6.45, 7) is 3.01. The Morgan fingerprint density at radius 1 is 1.23 bits per heavy atom. The van der Waals surface area contributed by atoms with Crippen LogP contribution in [-0.4, -0.2) is 52.8 Å². The van der Waals surface area contributed by atoms with Crippen molar-refractivity contribution in [2.75, 3.05) is 26.7 Å². The number of benzene rings is 1. The summed E-state index contributed by atoms with van der Waals surface area (Å²) >= 11 is 0. The van der Waals surface area contributed by atoms with Gasteiger partial charge in [-0.3, -0.25) is 9.78 Å². The molecule has 1 aromatic carbocycles. The minimum Gasteiger partial charge on any atom is -0.497 e. The number of piperidine rings is 1. The van der Waals surface area contributed by atoms with Gasteiger partial charge in [0.15, 0.2) is 0 Å². The number of likely N-dealkylation sites (tertiary alicyclic amines) is 1. The highest BCUT2D eigenvalue weighted by atomic mass is 16.5. The highest BCUT2D eigenvalue weighted by Gasteiger charge is 2.32. The number of fused-ring (bicyclic) bond motifs is 1. The number of aromatic nitrogens is 1. The van der Waals surface area contributed by atoms with Crippen molar-refractivity contribution < 1.29 is 19.7 Å². The van der Waals surface area contributed by atoms with Crippen molar-refractivity contribution in [1.82, 2.24) is 9.88 Å². The van der Waals surface area contributed by atoms with E-state index in [1.54, 1.807) is 13.3 Å². The Morgan fingerprint density at radius 2 is 2.06 bits per heavy atom. The molecule has 3 atom stereocenters. The number of hydrogen-bond acceptors (Lipinski definition) is 5. The lowest BCUT2D eigenvalue weighted by Gasteiger charge is -2.38. The zero-order chi connectivity index (χ0) is 21.8.